The van der Waals surface area contributed by atoms with Gasteiger partial charge in [-0.05, 0) is 44.9 Å². The number of hydrogen-bond donors (Lipinski definition) is 3. The summed E-state index contributed by atoms with van der Waals surface area (Å²) in [5, 5.41) is 22.0. The molecule has 1 saturated heterocycles. The number of hydrogen-bond acceptors (Lipinski definition) is 4. The molecule has 0 radical (unpaired) electrons. The molecule has 1 aromatic rings. The maximum atomic E-state index is 13.5. The normalized spacial score (nSPS) is 23.1. The summed E-state index contributed by atoms with van der Waals surface area (Å²) in [4.78, 5) is 14.0. The van der Waals surface area contributed by atoms with Crippen LogP contribution in [-0.2, 0) is 4.79 Å². The highest BCUT2D eigenvalue weighted by molar-refractivity contribution is 5.92. The molecule has 1 aliphatic rings. The predicted octanol–water partition coefficient (Wildman–Crippen LogP) is 1.28. The SMILES string of the molecule is Cc1c(F)cccc1NC(=O)CN1CCC[C@](O)(CO)CC1. The molecule has 2 rings (SSSR count). The highest BCUT2D eigenvalue weighted by Crippen LogP contribution is 2.22. The third kappa shape index (κ3) is 4.25. The van der Waals surface area contributed by atoms with Crippen molar-refractivity contribution in [2.75, 3.05) is 31.6 Å². The van der Waals surface area contributed by atoms with Gasteiger partial charge < -0.3 is 15.5 Å². The molecule has 0 aromatic heterocycles. The Morgan fingerprint density at radius 3 is 2.91 bits per heavy atom. The van der Waals surface area contributed by atoms with Crippen LogP contribution in [0.4, 0.5) is 10.1 Å². The minimum absolute atomic E-state index is 0.192. The van der Waals surface area contributed by atoms with Gasteiger partial charge in [-0.25, -0.2) is 4.39 Å². The van der Waals surface area contributed by atoms with E-state index >= 15 is 0 Å². The molecule has 1 atom stereocenters. The van der Waals surface area contributed by atoms with Crippen LogP contribution in [0.15, 0.2) is 18.2 Å². The summed E-state index contributed by atoms with van der Waals surface area (Å²) in [6, 6.07) is 4.59. The van der Waals surface area contributed by atoms with Crippen LogP contribution in [0.1, 0.15) is 24.8 Å². The first kappa shape index (κ1) is 16.9. The van der Waals surface area contributed by atoms with Crippen molar-refractivity contribution in [3.8, 4) is 0 Å². The number of likely N-dealkylation sites (tertiary alicyclic amines) is 1. The molecule has 0 bridgehead atoms. The first-order valence-corrected chi connectivity index (χ1v) is 7.54. The molecule has 22 heavy (non-hydrogen) atoms. The van der Waals surface area contributed by atoms with Gasteiger partial charge in [-0.1, -0.05) is 6.07 Å². The van der Waals surface area contributed by atoms with Crippen LogP contribution < -0.4 is 5.32 Å². The van der Waals surface area contributed by atoms with Gasteiger partial charge in [0, 0.05) is 17.8 Å². The van der Waals surface area contributed by atoms with E-state index in [1.807, 2.05) is 4.90 Å². The van der Waals surface area contributed by atoms with Crippen molar-refractivity contribution in [3.05, 3.63) is 29.6 Å². The zero-order valence-corrected chi connectivity index (χ0v) is 12.8. The summed E-state index contributed by atoms with van der Waals surface area (Å²) in [5.74, 6) is -0.552. The number of halogens is 1. The molecular weight excluding hydrogens is 287 g/mol. The van der Waals surface area contributed by atoms with Gasteiger partial charge in [0.25, 0.3) is 0 Å². The van der Waals surface area contributed by atoms with Crippen LogP contribution in [0.5, 0.6) is 0 Å². The first-order valence-electron chi connectivity index (χ1n) is 7.54. The number of carbonyl (C=O) groups is 1. The Hall–Kier alpha value is -1.50. The molecule has 0 aliphatic carbocycles. The van der Waals surface area contributed by atoms with Gasteiger partial charge in [-0.3, -0.25) is 9.69 Å². The fourth-order valence-electron chi connectivity index (χ4n) is 2.69. The van der Waals surface area contributed by atoms with Gasteiger partial charge in [0.2, 0.25) is 5.91 Å². The lowest BCUT2D eigenvalue weighted by molar-refractivity contribution is -0.117. The standard InChI is InChI=1S/C16H23FN2O3/c1-12-13(17)4-2-5-14(12)18-15(21)10-19-8-3-6-16(22,11-20)7-9-19/h2,4-5,20,22H,3,6-11H2,1H3,(H,18,21)/t16-/m1/s1. The van der Waals surface area contributed by atoms with Crippen LogP contribution >= 0.6 is 0 Å². The molecule has 0 unspecified atom stereocenters. The molecule has 3 N–H and O–H groups in total. The van der Waals surface area contributed by atoms with Crippen molar-refractivity contribution < 1.29 is 19.4 Å². The number of amides is 1. The quantitative estimate of drug-likeness (QED) is 0.783. The minimum atomic E-state index is -1.04. The topological polar surface area (TPSA) is 72.8 Å². The Kier molecular flexibility index (Phi) is 5.50. The summed E-state index contributed by atoms with van der Waals surface area (Å²) in [5.41, 5.74) is -0.141. The number of aliphatic hydroxyl groups excluding tert-OH is 1. The number of aliphatic hydroxyl groups is 2. The zero-order chi connectivity index (χ0) is 16.2. The Bertz CT molecular complexity index is 538. The number of carbonyl (C=O) groups excluding carboxylic acids is 1. The Balaban J connectivity index is 1.91. The zero-order valence-electron chi connectivity index (χ0n) is 12.8. The monoisotopic (exact) mass is 310 g/mol. The summed E-state index contributed by atoms with van der Waals surface area (Å²) >= 11 is 0. The maximum Gasteiger partial charge on any atom is 0.238 e. The Labute approximate surface area is 129 Å². The minimum Gasteiger partial charge on any atom is -0.393 e. The maximum absolute atomic E-state index is 13.5. The highest BCUT2D eigenvalue weighted by atomic mass is 19.1. The van der Waals surface area contributed by atoms with E-state index < -0.39 is 5.60 Å². The molecule has 1 aromatic carbocycles. The highest BCUT2D eigenvalue weighted by Gasteiger charge is 2.29. The third-order valence-corrected chi connectivity index (χ3v) is 4.21. The lowest BCUT2D eigenvalue weighted by Gasteiger charge is -2.24. The second kappa shape index (κ2) is 7.17. The van der Waals surface area contributed by atoms with Crippen molar-refractivity contribution in [2.24, 2.45) is 0 Å². The summed E-state index contributed by atoms with van der Waals surface area (Å²) in [6.07, 6.45) is 1.70. The van der Waals surface area contributed by atoms with Gasteiger partial charge in [0.05, 0.1) is 18.8 Å². The van der Waals surface area contributed by atoms with Crippen molar-refractivity contribution in [2.45, 2.75) is 31.8 Å². The molecule has 0 saturated carbocycles. The molecule has 122 valence electrons. The van der Waals surface area contributed by atoms with E-state index in [-0.39, 0.29) is 24.9 Å². The average molecular weight is 310 g/mol. The third-order valence-electron chi connectivity index (χ3n) is 4.21. The second-order valence-corrected chi connectivity index (χ2v) is 5.97. The number of rotatable bonds is 4. The smallest absolute Gasteiger partial charge is 0.238 e. The molecule has 1 amide bonds. The van der Waals surface area contributed by atoms with E-state index in [4.69, 9.17) is 0 Å². The molecule has 5 nitrogen and oxygen atoms in total. The molecular formula is C16H23FN2O3. The van der Waals surface area contributed by atoms with Crippen LogP contribution in [0, 0.1) is 12.7 Å². The van der Waals surface area contributed by atoms with Crippen LogP contribution in [0.2, 0.25) is 0 Å². The van der Waals surface area contributed by atoms with E-state index in [1.165, 1.54) is 6.07 Å². The van der Waals surface area contributed by atoms with Crippen molar-refractivity contribution in [1.29, 1.82) is 0 Å². The lowest BCUT2D eigenvalue weighted by atomic mass is 9.96. The fourth-order valence-corrected chi connectivity index (χ4v) is 2.69. The van der Waals surface area contributed by atoms with E-state index in [2.05, 4.69) is 5.32 Å². The summed E-state index contributed by atoms with van der Waals surface area (Å²) in [7, 11) is 0. The summed E-state index contributed by atoms with van der Waals surface area (Å²) in [6.45, 7) is 2.80. The van der Waals surface area contributed by atoms with Crippen molar-refractivity contribution in [1.82, 2.24) is 4.90 Å². The van der Waals surface area contributed by atoms with Gasteiger partial charge >= 0.3 is 0 Å². The first-order chi connectivity index (χ1) is 10.4. The molecule has 1 aliphatic heterocycles. The van der Waals surface area contributed by atoms with Gasteiger partial charge in [0.15, 0.2) is 0 Å². The lowest BCUT2D eigenvalue weighted by Crippen LogP contribution is -2.37. The fraction of sp³-hybridized carbons (Fsp3) is 0.562. The predicted molar refractivity (Wildman–Crippen MR) is 82.1 cm³/mol. The van der Waals surface area contributed by atoms with Gasteiger partial charge in [-0.2, -0.15) is 0 Å². The van der Waals surface area contributed by atoms with Gasteiger partial charge in [0.1, 0.15) is 5.82 Å². The number of benzene rings is 1. The van der Waals surface area contributed by atoms with E-state index in [9.17, 15) is 19.4 Å². The Morgan fingerprint density at radius 1 is 1.41 bits per heavy atom. The van der Waals surface area contributed by atoms with Crippen molar-refractivity contribution in [3.63, 3.8) is 0 Å². The number of nitrogens with zero attached hydrogens (tertiary/aromatic N) is 1. The molecule has 1 fully saturated rings. The number of nitrogens with one attached hydrogen (secondary N) is 1. The average Bonchev–Trinajstić information content (AvgIpc) is 2.67. The van der Waals surface area contributed by atoms with Crippen LogP contribution in [-0.4, -0.2) is 52.9 Å². The van der Waals surface area contributed by atoms with Gasteiger partial charge in [-0.15, -0.1) is 0 Å². The molecule has 6 heteroatoms. The summed E-state index contributed by atoms with van der Waals surface area (Å²) < 4.78 is 13.5. The van der Waals surface area contributed by atoms with Crippen molar-refractivity contribution >= 4 is 11.6 Å². The molecule has 1 heterocycles. The number of anilines is 1. The largest absolute Gasteiger partial charge is 0.393 e. The Morgan fingerprint density at radius 2 is 2.18 bits per heavy atom. The van der Waals surface area contributed by atoms with Crippen LogP contribution in [0.3, 0.4) is 0 Å². The van der Waals surface area contributed by atoms with E-state index in [1.54, 1.807) is 19.1 Å². The molecule has 0 spiro atoms. The van der Waals surface area contributed by atoms with E-state index in [0.717, 1.165) is 6.42 Å². The second-order valence-electron chi connectivity index (χ2n) is 5.97. The van der Waals surface area contributed by atoms with Crippen LogP contribution in [0.25, 0.3) is 0 Å². The van der Waals surface area contributed by atoms with E-state index in [0.29, 0.717) is 37.2 Å².